The highest BCUT2D eigenvalue weighted by Gasteiger charge is 2.20. The monoisotopic (exact) mass is 520 g/mol. The van der Waals surface area contributed by atoms with Crippen LogP contribution in [0.1, 0.15) is 29.9 Å². The lowest BCUT2D eigenvalue weighted by Gasteiger charge is -2.24. The van der Waals surface area contributed by atoms with Gasteiger partial charge in [0.05, 0.1) is 18.5 Å². The van der Waals surface area contributed by atoms with Crippen LogP contribution in [0.4, 0.5) is 5.69 Å². The van der Waals surface area contributed by atoms with E-state index in [4.69, 9.17) is 4.52 Å². The third kappa shape index (κ3) is 6.17. The van der Waals surface area contributed by atoms with E-state index in [0.717, 1.165) is 21.2 Å². The number of halogens is 1. The van der Waals surface area contributed by atoms with E-state index in [9.17, 15) is 13.2 Å². The Morgan fingerprint density at radius 3 is 2.66 bits per heavy atom. The van der Waals surface area contributed by atoms with E-state index in [-0.39, 0.29) is 25.4 Å². The molecule has 0 saturated carbocycles. The summed E-state index contributed by atoms with van der Waals surface area (Å²) in [6.45, 7) is 4.14. The van der Waals surface area contributed by atoms with Gasteiger partial charge in [-0.2, -0.15) is 4.98 Å². The maximum atomic E-state index is 12.3. The number of rotatable bonds is 9. The molecule has 0 spiro atoms. The predicted octanol–water partition coefficient (Wildman–Crippen LogP) is 3.98. The summed E-state index contributed by atoms with van der Waals surface area (Å²) in [6.07, 6.45) is 1.72. The van der Waals surface area contributed by atoms with Gasteiger partial charge < -0.3 is 9.84 Å². The molecule has 0 atom stereocenters. The van der Waals surface area contributed by atoms with E-state index in [0.29, 0.717) is 23.8 Å². The van der Waals surface area contributed by atoms with Crippen molar-refractivity contribution in [2.24, 2.45) is 0 Å². The average Bonchev–Trinajstić information content (AvgIpc) is 3.20. The van der Waals surface area contributed by atoms with Crippen molar-refractivity contribution >= 4 is 37.5 Å². The van der Waals surface area contributed by atoms with E-state index in [1.807, 2.05) is 50.2 Å². The van der Waals surface area contributed by atoms with Gasteiger partial charge in [-0.15, -0.1) is 0 Å². The molecule has 0 aliphatic carbocycles. The van der Waals surface area contributed by atoms with Crippen molar-refractivity contribution in [2.75, 3.05) is 17.1 Å². The van der Waals surface area contributed by atoms with E-state index in [2.05, 4.69) is 31.4 Å². The molecular formula is C22H25BrN4O4S. The van der Waals surface area contributed by atoms with Crippen LogP contribution in [0, 0.1) is 13.8 Å². The van der Waals surface area contributed by atoms with Gasteiger partial charge in [0.2, 0.25) is 27.6 Å². The Labute approximate surface area is 196 Å². The summed E-state index contributed by atoms with van der Waals surface area (Å²) in [7, 11) is -3.47. The minimum Gasteiger partial charge on any atom is -0.347 e. The summed E-state index contributed by atoms with van der Waals surface area (Å²) in [5, 5.41) is 6.67. The number of hydrogen-bond acceptors (Lipinski definition) is 6. The number of aromatic nitrogens is 2. The van der Waals surface area contributed by atoms with Crippen molar-refractivity contribution in [1.82, 2.24) is 15.5 Å². The maximum absolute atomic E-state index is 12.3. The van der Waals surface area contributed by atoms with E-state index in [1.54, 1.807) is 6.07 Å². The number of sulfonamides is 1. The van der Waals surface area contributed by atoms with Crippen LogP contribution in [0.2, 0.25) is 0 Å². The zero-order chi connectivity index (χ0) is 23.3. The topological polar surface area (TPSA) is 105 Å². The summed E-state index contributed by atoms with van der Waals surface area (Å²) in [4.78, 5) is 16.5. The maximum Gasteiger partial charge on any atom is 0.246 e. The van der Waals surface area contributed by atoms with E-state index in [1.165, 1.54) is 10.6 Å². The molecule has 0 bridgehead atoms. The number of aryl methyl sites for hydroxylation is 1. The average molecular weight is 521 g/mol. The van der Waals surface area contributed by atoms with Crippen molar-refractivity contribution in [1.29, 1.82) is 0 Å². The summed E-state index contributed by atoms with van der Waals surface area (Å²) in [5.41, 5.74) is 3.35. The fraction of sp³-hybridized carbons (Fsp3) is 0.318. The van der Waals surface area contributed by atoms with Gasteiger partial charge >= 0.3 is 0 Å². The second-order valence-electron chi connectivity index (χ2n) is 7.46. The summed E-state index contributed by atoms with van der Waals surface area (Å²) < 4.78 is 32.1. The number of anilines is 1. The molecule has 1 aromatic heterocycles. The fourth-order valence-corrected chi connectivity index (χ4v) is 4.60. The Bertz CT molecular complexity index is 1210. The number of carbonyl (C=O) groups is 1. The lowest BCUT2D eigenvalue weighted by molar-refractivity contribution is -0.121. The molecule has 3 rings (SSSR count). The number of amides is 1. The van der Waals surface area contributed by atoms with Gasteiger partial charge in [-0.3, -0.25) is 9.10 Å². The first-order valence-corrected chi connectivity index (χ1v) is 12.7. The Morgan fingerprint density at radius 2 is 1.94 bits per heavy atom. The summed E-state index contributed by atoms with van der Waals surface area (Å²) in [6, 6.07) is 13.0. The van der Waals surface area contributed by atoms with Gasteiger partial charge in [0.25, 0.3) is 0 Å². The highest BCUT2D eigenvalue weighted by Crippen LogP contribution is 2.25. The highest BCUT2D eigenvalue weighted by molar-refractivity contribution is 9.10. The molecule has 3 aromatic rings. The van der Waals surface area contributed by atoms with Gasteiger partial charge in [0.1, 0.15) is 0 Å². The Morgan fingerprint density at radius 1 is 1.19 bits per heavy atom. The van der Waals surface area contributed by atoms with Crippen LogP contribution in [0.25, 0.3) is 11.4 Å². The third-order valence-corrected chi connectivity index (χ3v) is 6.67. The van der Waals surface area contributed by atoms with Crippen LogP contribution in [0.5, 0.6) is 0 Å². The van der Waals surface area contributed by atoms with Crippen molar-refractivity contribution < 1.29 is 17.7 Å². The first-order chi connectivity index (χ1) is 15.1. The summed E-state index contributed by atoms with van der Waals surface area (Å²) >= 11 is 3.40. The zero-order valence-corrected chi connectivity index (χ0v) is 20.5. The van der Waals surface area contributed by atoms with Crippen LogP contribution < -0.4 is 9.62 Å². The van der Waals surface area contributed by atoms with Gasteiger partial charge in [-0.25, -0.2) is 8.42 Å². The molecule has 0 unspecified atom stereocenters. The standard InChI is InChI=1S/C22H25BrN4O4S/c1-15-7-4-10-19(16(15)2)27(32(3,29)30)12-6-11-20(28)24-14-21-25-22(26-31-21)17-8-5-9-18(23)13-17/h4-5,7-10,13H,6,11-12,14H2,1-3H3,(H,24,28). The van der Waals surface area contributed by atoms with Crippen LogP contribution in [0.15, 0.2) is 51.5 Å². The van der Waals surface area contributed by atoms with E-state index < -0.39 is 10.0 Å². The molecule has 8 nitrogen and oxygen atoms in total. The van der Waals surface area contributed by atoms with Crippen molar-refractivity contribution in [3.8, 4) is 11.4 Å². The molecule has 0 fully saturated rings. The SMILES string of the molecule is Cc1cccc(N(CCCC(=O)NCc2nc(-c3cccc(Br)c3)no2)S(C)(=O)=O)c1C. The predicted molar refractivity (Wildman–Crippen MR) is 127 cm³/mol. The minimum absolute atomic E-state index is 0.104. The molecule has 32 heavy (non-hydrogen) atoms. The van der Waals surface area contributed by atoms with Gasteiger partial charge in [-0.05, 0) is 49.6 Å². The van der Waals surface area contributed by atoms with Gasteiger partial charge in [0.15, 0.2) is 0 Å². The van der Waals surface area contributed by atoms with Gasteiger partial charge in [0, 0.05) is 23.0 Å². The quantitative estimate of drug-likeness (QED) is 0.457. The Hall–Kier alpha value is -2.72. The molecule has 0 aliphatic rings. The van der Waals surface area contributed by atoms with Crippen LogP contribution in [0.3, 0.4) is 0 Å². The molecular weight excluding hydrogens is 496 g/mol. The molecule has 10 heteroatoms. The minimum atomic E-state index is -3.47. The van der Waals surface area contributed by atoms with Crippen molar-refractivity contribution in [3.63, 3.8) is 0 Å². The van der Waals surface area contributed by atoms with Crippen molar-refractivity contribution in [2.45, 2.75) is 33.2 Å². The molecule has 0 aliphatic heterocycles. The number of benzene rings is 2. The number of nitrogens with zero attached hydrogens (tertiary/aromatic N) is 3. The molecule has 170 valence electrons. The summed E-state index contributed by atoms with van der Waals surface area (Å²) in [5.74, 6) is 0.510. The lowest BCUT2D eigenvalue weighted by Crippen LogP contribution is -2.32. The number of carbonyl (C=O) groups excluding carboxylic acids is 1. The second-order valence-corrected chi connectivity index (χ2v) is 10.3. The first-order valence-electron chi connectivity index (χ1n) is 10.0. The molecule has 0 radical (unpaired) electrons. The molecule has 0 saturated heterocycles. The largest absolute Gasteiger partial charge is 0.347 e. The Kier molecular flexibility index (Phi) is 7.68. The van der Waals surface area contributed by atoms with E-state index >= 15 is 0 Å². The Balaban J connectivity index is 1.54. The van der Waals surface area contributed by atoms with Crippen molar-refractivity contribution in [3.05, 3.63) is 64.0 Å². The smallest absolute Gasteiger partial charge is 0.246 e. The molecule has 2 aromatic carbocycles. The fourth-order valence-electron chi connectivity index (χ4n) is 3.19. The molecule has 1 N–H and O–H groups in total. The zero-order valence-electron chi connectivity index (χ0n) is 18.1. The number of hydrogen-bond donors (Lipinski definition) is 1. The molecule has 1 heterocycles. The highest BCUT2D eigenvalue weighted by atomic mass is 79.9. The van der Waals surface area contributed by atoms with Crippen LogP contribution in [-0.4, -0.2) is 37.3 Å². The first kappa shape index (κ1) is 23.9. The van der Waals surface area contributed by atoms with Crippen LogP contribution in [-0.2, 0) is 21.4 Å². The van der Waals surface area contributed by atoms with Gasteiger partial charge in [-0.1, -0.05) is 45.4 Å². The van der Waals surface area contributed by atoms with Crippen LogP contribution >= 0.6 is 15.9 Å². The number of nitrogens with one attached hydrogen (secondary N) is 1. The molecule has 1 amide bonds. The lowest BCUT2D eigenvalue weighted by atomic mass is 10.1. The third-order valence-electron chi connectivity index (χ3n) is 5.00. The second kappa shape index (κ2) is 10.3. The normalized spacial score (nSPS) is 11.4.